The van der Waals surface area contributed by atoms with Crippen molar-refractivity contribution in [3.63, 3.8) is 0 Å². The van der Waals surface area contributed by atoms with Crippen LogP contribution >= 0.6 is 0 Å². The van der Waals surface area contributed by atoms with Gasteiger partial charge in [-0.25, -0.2) is 0 Å². The summed E-state index contributed by atoms with van der Waals surface area (Å²) < 4.78 is 11.3. The molecule has 0 aliphatic carbocycles. The lowest BCUT2D eigenvalue weighted by Crippen LogP contribution is -2.20. The van der Waals surface area contributed by atoms with Gasteiger partial charge in [-0.15, -0.1) is 0 Å². The molecule has 2 N–H and O–H groups in total. The molecular weight excluding hydrogens is 420 g/mol. The highest BCUT2D eigenvalue weighted by Crippen LogP contribution is 2.25. The van der Waals surface area contributed by atoms with Gasteiger partial charge >= 0.3 is 0 Å². The molecule has 170 valence electrons. The Hall–Kier alpha value is -4.13. The van der Waals surface area contributed by atoms with Crippen LogP contribution < -0.4 is 20.1 Å². The number of amides is 2. The van der Waals surface area contributed by atoms with Crippen LogP contribution in [0.1, 0.15) is 37.0 Å². The second-order valence-corrected chi connectivity index (χ2v) is 7.34. The van der Waals surface area contributed by atoms with E-state index < -0.39 is 0 Å². The minimum absolute atomic E-state index is 0.125. The summed E-state index contributed by atoms with van der Waals surface area (Å²) in [4.78, 5) is 36.1. The predicted molar refractivity (Wildman–Crippen MR) is 127 cm³/mol. The van der Waals surface area contributed by atoms with E-state index in [1.807, 2.05) is 37.3 Å². The van der Waals surface area contributed by atoms with Crippen LogP contribution in [0.5, 0.6) is 17.2 Å². The van der Waals surface area contributed by atoms with Gasteiger partial charge in [0.15, 0.2) is 12.4 Å². The number of carbonyl (C=O) groups is 3. The molecule has 0 radical (unpaired) electrons. The van der Waals surface area contributed by atoms with Gasteiger partial charge in [0.1, 0.15) is 17.2 Å². The third-order valence-electron chi connectivity index (χ3n) is 4.60. The van der Waals surface area contributed by atoms with E-state index in [-0.39, 0.29) is 30.0 Å². The molecule has 3 aromatic rings. The van der Waals surface area contributed by atoms with Gasteiger partial charge in [0.25, 0.3) is 5.91 Å². The number of benzene rings is 3. The summed E-state index contributed by atoms with van der Waals surface area (Å²) in [6.45, 7) is 3.04. The number of para-hydroxylation sites is 1. The molecule has 0 atom stereocenters. The lowest BCUT2D eigenvalue weighted by molar-refractivity contribution is -0.118. The highest BCUT2D eigenvalue weighted by atomic mass is 16.5. The second-order valence-electron chi connectivity index (χ2n) is 7.34. The zero-order valence-electron chi connectivity index (χ0n) is 18.6. The molecule has 0 bridgehead atoms. The molecule has 0 spiro atoms. The minimum Gasteiger partial charge on any atom is -0.483 e. The molecule has 0 heterocycles. The monoisotopic (exact) mass is 446 g/mol. The highest BCUT2D eigenvalue weighted by molar-refractivity contribution is 5.99. The highest BCUT2D eigenvalue weighted by Gasteiger charge is 2.13. The fourth-order valence-electron chi connectivity index (χ4n) is 3.03. The first-order chi connectivity index (χ1) is 15.9. The van der Waals surface area contributed by atoms with Crippen molar-refractivity contribution in [2.24, 2.45) is 0 Å². The van der Waals surface area contributed by atoms with Gasteiger partial charge in [-0.05, 0) is 67.9 Å². The molecule has 0 fully saturated rings. The lowest BCUT2D eigenvalue weighted by Gasteiger charge is -2.13. The summed E-state index contributed by atoms with van der Waals surface area (Å²) in [6.07, 6.45) is 1.12. The average Bonchev–Trinajstić information content (AvgIpc) is 2.80. The molecular formula is C26H26N2O5. The zero-order valence-corrected chi connectivity index (χ0v) is 18.6. The minimum atomic E-state index is -0.374. The van der Waals surface area contributed by atoms with Crippen LogP contribution in [0.4, 0.5) is 11.4 Å². The largest absolute Gasteiger partial charge is 0.483 e. The van der Waals surface area contributed by atoms with Crippen molar-refractivity contribution in [3.05, 3.63) is 78.4 Å². The molecule has 3 rings (SSSR count). The number of anilines is 2. The molecule has 7 heteroatoms. The Morgan fingerprint density at radius 3 is 2.09 bits per heavy atom. The molecule has 2 amide bonds. The van der Waals surface area contributed by atoms with E-state index in [0.29, 0.717) is 29.1 Å². The summed E-state index contributed by atoms with van der Waals surface area (Å²) in [5, 5.41) is 5.49. The number of ether oxygens (including phenoxy) is 2. The van der Waals surface area contributed by atoms with E-state index in [2.05, 4.69) is 10.6 Å². The smallest absolute Gasteiger partial charge is 0.262 e. The first kappa shape index (κ1) is 23.5. The number of Topliss-reactive ketones (excluding diaryl/α,β-unsaturated/α-hetero) is 1. The summed E-state index contributed by atoms with van der Waals surface area (Å²) >= 11 is 0. The van der Waals surface area contributed by atoms with Crippen LogP contribution in [-0.2, 0) is 9.59 Å². The Kier molecular flexibility index (Phi) is 8.18. The van der Waals surface area contributed by atoms with E-state index >= 15 is 0 Å². The molecule has 7 nitrogen and oxygen atoms in total. The molecule has 0 aromatic heterocycles. The normalized spacial score (nSPS) is 10.2. The van der Waals surface area contributed by atoms with Gasteiger partial charge < -0.3 is 20.1 Å². The van der Waals surface area contributed by atoms with Crippen LogP contribution in [0.2, 0.25) is 0 Å². The average molecular weight is 447 g/mol. The van der Waals surface area contributed by atoms with Crippen molar-refractivity contribution in [1.82, 2.24) is 0 Å². The van der Waals surface area contributed by atoms with Gasteiger partial charge in [-0.1, -0.05) is 25.1 Å². The molecule has 0 aliphatic heterocycles. The first-order valence-corrected chi connectivity index (χ1v) is 10.6. The fourth-order valence-corrected chi connectivity index (χ4v) is 3.03. The maximum Gasteiger partial charge on any atom is 0.262 e. The quantitative estimate of drug-likeness (QED) is 0.405. The maximum atomic E-state index is 12.3. The SMILES string of the molecule is CCCC(=O)Nc1ccc(OCC(=O)Nc2ccc(Oc3ccccc3)cc2)c(C(C)=O)c1. The Labute approximate surface area is 192 Å². The third-order valence-corrected chi connectivity index (χ3v) is 4.60. The summed E-state index contributed by atoms with van der Waals surface area (Å²) in [6, 6.07) is 21.1. The number of carbonyl (C=O) groups excluding carboxylic acids is 3. The van der Waals surface area contributed by atoms with Crippen LogP contribution in [0, 0.1) is 0 Å². The lowest BCUT2D eigenvalue weighted by atomic mass is 10.1. The van der Waals surface area contributed by atoms with Crippen molar-refractivity contribution in [1.29, 1.82) is 0 Å². The van der Waals surface area contributed by atoms with Crippen LogP contribution in [0.15, 0.2) is 72.8 Å². The number of hydrogen-bond acceptors (Lipinski definition) is 5. The van der Waals surface area contributed by atoms with Crippen molar-refractivity contribution in [2.45, 2.75) is 26.7 Å². The number of hydrogen-bond donors (Lipinski definition) is 2. The second kappa shape index (κ2) is 11.5. The Morgan fingerprint density at radius 2 is 1.42 bits per heavy atom. The van der Waals surface area contributed by atoms with Crippen LogP contribution in [0.3, 0.4) is 0 Å². The van der Waals surface area contributed by atoms with E-state index in [9.17, 15) is 14.4 Å². The van der Waals surface area contributed by atoms with E-state index in [0.717, 1.165) is 12.2 Å². The number of ketones is 1. The van der Waals surface area contributed by atoms with Gasteiger partial charge in [-0.3, -0.25) is 14.4 Å². The van der Waals surface area contributed by atoms with Crippen molar-refractivity contribution < 1.29 is 23.9 Å². The standard InChI is InChI=1S/C26H26N2O5/c1-3-7-25(30)28-20-12-15-24(23(16-20)18(2)29)32-17-26(31)27-19-10-13-22(14-11-19)33-21-8-5-4-6-9-21/h4-6,8-16H,3,7,17H2,1-2H3,(H,27,31)(H,28,30). The fraction of sp³-hybridized carbons (Fsp3) is 0.192. The van der Waals surface area contributed by atoms with Gasteiger partial charge in [0.05, 0.1) is 5.56 Å². The summed E-state index contributed by atoms with van der Waals surface area (Å²) in [5.41, 5.74) is 1.39. The number of nitrogens with one attached hydrogen (secondary N) is 2. The maximum absolute atomic E-state index is 12.3. The molecule has 0 saturated carbocycles. The molecule has 3 aromatic carbocycles. The Bertz CT molecular complexity index is 1110. The summed E-state index contributed by atoms with van der Waals surface area (Å²) in [7, 11) is 0. The molecule has 0 saturated heterocycles. The van der Waals surface area contributed by atoms with Crippen molar-refractivity contribution >= 4 is 29.0 Å². The van der Waals surface area contributed by atoms with Gasteiger partial charge in [-0.2, -0.15) is 0 Å². The Balaban J connectivity index is 1.56. The Morgan fingerprint density at radius 1 is 0.788 bits per heavy atom. The van der Waals surface area contributed by atoms with E-state index in [4.69, 9.17) is 9.47 Å². The first-order valence-electron chi connectivity index (χ1n) is 10.6. The van der Waals surface area contributed by atoms with E-state index in [1.165, 1.54) is 6.92 Å². The van der Waals surface area contributed by atoms with E-state index in [1.54, 1.807) is 42.5 Å². The summed E-state index contributed by atoms with van der Waals surface area (Å²) in [5.74, 6) is 0.915. The third kappa shape index (κ3) is 7.21. The predicted octanol–water partition coefficient (Wildman–Crippen LogP) is 5.44. The van der Waals surface area contributed by atoms with Gasteiger partial charge in [0.2, 0.25) is 5.91 Å². The number of rotatable bonds is 10. The zero-order chi connectivity index (χ0) is 23.6. The molecule has 33 heavy (non-hydrogen) atoms. The van der Waals surface area contributed by atoms with Crippen molar-refractivity contribution in [3.8, 4) is 17.2 Å². The van der Waals surface area contributed by atoms with Crippen LogP contribution in [0.25, 0.3) is 0 Å². The molecule has 0 aliphatic rings. The van der Waals surface area contributed by atoms with Crippen molar-refractivity contribution in [2.75, 3.05) is 17.2 Å². The topological polar surface area (TPSA) is 93.7 Å². The molecule has 0 unspecified atom stereocenters. The van der Waals surface area contributed by atoms with Gasteiger partial charge in [0, 0.05) is 17.8 Å². The van der Waals surface area contributed by atoms with Crippen LogP contribution in [-0.4, -0.2) is 24.2 Å².